The summed E-state index contributed by atoms with van der Waals surface area (Å²) in [7, 11) is 0. The van der Waals surface area contributed by atoms with Crippen molar-refractivity contribution in [3.05, 3.63) is 0 Å². The quantitative estimate of drug-likeness (QED) is 0.473. The smallest absolute Gasteiger partial charge is 0.378 e. The molecule has 0 aromatic carbocycles. The van der Waals surface area contributed by atoms with Crippen LogP contribution in [0.3, 0.4) is 0 Å². The fourth-order valence-electron chi connectivity index (χ4n) is 0.756. The van der Waals surface area contributed by atoms with Gasteiger partial charge in [-0.3, -0.25) is 0 Å². The molecule has 0 fully saturated rings. The molecule has 0 aliphatic rings. The van der Waals surface area contributed by atoms with Crippen molar-refractivity contribution in [1.29, 1.82) is 0 Å². The highest BCUT2D eigenvalue weighted by Crippen LogP contribution is 2.25. The van der Waals surface area contributed by atoms with Gasteiger partial charge in [-0.15, -0.1) is 0 Å². The summed E-state index contributed by atoms with van der Waals surface area (Å²) in [5, 5.41) is 0. The number of hydrogen-bond donors (Lipinski definition) is 0. The first-order valence-electron chi connectivity index (χ1n) is 5.57. The summed E-state index contributed by atoms with van der Waals surface area (Å²) < 4.78 is 11.5. The summed E-state index contributed by atoms with van der Waals surface area (Å²) in [5.41, 5.74) is 0. The number of hydrogen-bond acceptors (Lipinski definition) is 2. The van der Waals surface area contributed by atoms with Gasteiger partial charge in [0.05, 0.1) is 0 Å². The molecule has 2 unspecified atom stereocenters. The van der Waals surface area contributed by atoms with E-state index in [4.69, 9.17) is 8.85 Å². The molecular weight excluding hydrogens is 340 g/mol. The zero-order valence-corrected chi connectivity index (χ0v) is 14.2. The monoisotopic (exact) mass is 360 g/mol. The van der Waals surface area contributed by atoms with Crippen molar-refractivity contribution >= 4 is 36.4 Å². The molecule has 0 rings (SSSR count). The molecule has 0 amide bonds. The third-order valence-electron chi connectivity index (χ3n) is 2.47. The molecule has 0 radical (unpaired) electrons. The Morgan fingerprint density at radius 2 is 1.27 bits per heavy atom. The van der Waals surface area contributed by atoms with E-state index < -0.39 is 5.80 Å². The highest BCUT2D eigenvalue weighted by molar-refractivity contribution is 9.50. The standard InChI is InChI=1S/C10H22Br2O2Si/c1-5-9(3)7-13-15(11,12)14-8-10(4)6-2/h9-10H,5-8H2,1-4H3. The van der Waals surface area contributed by atoms with E-state index in [1.165, 1.54) is 0 Å². The molecule has 2 atom stereocenters. The van der Waals surface area contributed by atoms with Crippen LogP contribution >= 0.6 is 30.6 Å². The molecule has 15 heavy (non-hydrogen) atoms. The van der Waals surface area contributed by atoms with Crippen molar-refractivity contribution in [3.8, 4) is 0 Å². The first kappa shape index (κ1) is 16.1. The van der Waals surface area contributed by atoms with Gasteiger partial charge in [-0.25, -0.2) is 0 Å². The van der Waals surface area contributed by atoms with Crippen molar-refractivity contribution in [3.63, 3.8) is 0 Å². The summed E-state index contributed by atoms with van der Waals surface area (Å²) in [6.07, 6.45) is 2.27. The van der Waals surface area contributed by atoms with Crippen LogP contribution in [0.5, 0.6) is 0 Å². The van der Waals surface area contributed by atoms with E-state index >= 15 is 0 Å². The average molecular weight is 362 g/mol. The normalized spacial score (nSPS) is 16.4. The van der Waals surface area contributed by atoms with Gasteiger partial charge in [0.1, 0.15) is 0 Å². The van der Waals surface area contributed by atoms with Gasteiger partial charge in [-0.1, -0.05) is 40.5 Å². The van der Waals surface area contributed by atoms with Crippen LogP contribution in [0.4, 0.5) is 0 Å². The molecule has 0 aliphatic heterocycles. The van der Waals surface area contributed by atoms with Crippen LogP contribution in [-0.2, 0) is 8.85 Å². The van der Waals surface area contributed by atoms with Gasteiger partial charge in [-0.2, -0.15) is 0 Å². The van der Waals surface area contributed by atoms with Crippen LogP contribution in [0.2, 0.25) is 0 Å². The van der Waals surface area contributed by atoms with Crippen LogP contribution in [0, 0.1) is 11.8 Å². The Morgan fingerprint density at radius 1 is 0.933 bits per heavy atom. The molecule has 0 aromatic heterocycles. The average Bonchev–Trinajstić information content (AvgIpc) is 2.22. The van der Waals surface area contributed by atoms with Crippen molar-refractivity contribution < 1.29 is 8.85 Å². The van der Waals surface area contributed by atoms with Crippen molar-refractivity contribution in [2.45, 2.75) is 40.5 Å². The minimum absolute atomic E-state index is 0.583. The van der Waals surface area contributed by atoms with Gasteiger partial charge in [0, 0.05) is 13.2 Å². The van der Waals surface area contributed by atoms with E-state index in [0.717, 1.165) is 26.1 Å². The second-order valence-corrected chi connectivity index (χ2v) is 15.1. The molecule has 5 heteroatoms. The third-order valence-corrected chi connectivity index (χ3v) is 6.22. The van der Waals surface area contributed by atoms with Crippen LogP contribution in [0.15, 0.2) is 0 Å². The Kier molecular flexibility index (Phi) is 8.83. The van der Waals surface area contributed by atoms with Gasteiger partial charge in [0.25, 0.3) is 0 Å². The van der Waals surface area contributed by atoms with E-state index in [9.17, 15) is 0 Å². The largest absolute Gasteiger partial charge is 0.490 e. The molecule has 92 valence electrons. The summed E-state index contributed by atoms with van der Waals surface area (Å²) in [4.78, 5) is 0. The van der Waals surface area contributed by atoms with Crippen molar-refractivity contribution in [1.82, 2.24) is 0 Å². The zero-order valence-electron chi connectivity index (χ0n) is 10.1. The molecule has 0 aromatic rings. The second kappa shape index (κ2) is 8.23. The Balaban J connectivity index is 3.75. The van der Waals surface area contributed by atoms with Crippen LogP contribution in [-0.4, -0.2) is 19.0 Å². The Morgan fingerprint density at radius 3 is 1.53 bits per heavy atom. The molecule has 0 N–H and O–H groups in total. The maximum atomic E-state index is 5.73. The maximum absolute atomic E-state index is 5.73. The number of halogens is 2. The van der Waals surface area contributed by atoms with E-state index in [2.05, 4.69) is 58.3 Å². The first-order valence-corrected chi connectivity index (χ1v) is 11.9. The summed E-state index contributed by atoms with van der Waals surface area (Å²) >= 11 is 7.02. The molecule has 2 nitrogen and oxygen atoms in total. The van der Waals surface area contributed by atoms with E-state index in [1.807, 2.05) is 0 Å². The van der Waals surface area contributed by atoms with Gasteiger partial charge in [-0.05, 0) is 42.4 Å². The first-order chi connectivity index (χ1) is 6.91. The van der Waals surface area contributed by atoms with Gasteiger partial charge >= 0.3 is 5.80 Å². The molecule has 0 bridgehead atoms. The minimum atomic E-state index is -2.24. The molecule has 0 saturated carbocycles. The SMILES string of the molecule is CCC(C)CO[Si](Br)(Br)OCC(C)CC. The highest BCUT2D eigenvalue weighted by Gasteiger charge is 2.32. The lowest BCUT2D eigenvalue weighted by Crippen LogP contribution is -2.31. The predicted octanol–water partition coefficient (Wildman–Crippen LogP) is 4.34. The summed E-state index contributed by atoms with van der Waals surface area (Å²) in [6, 6.07) is 0. The second-order valence-electron chi connectivity index (χ2n) is 4.11. The van der Waals surface area contributed by atoms with Gasteiger partial charge < -0.3 is 8.85 Å². The molecule has 0 heterocycles. The molecular formula is C10H22Br2O2Si. The molecule has 0 spiro atoms. The highest BCUT2D eigenvalue weighted by atomic mass is 79.9. The van der Waals surface area contributed by atoms with Crippen LogP contribution < -0.4 is 0 Å². The van der Waals surface area contributed by atoms with Crippen LogP contribution in [0.25, 0.3) is 0 Å². The number of rotatable bonds is 8. The lowest BCUT2D eigenvalue weighted by Gasteiger charge is -2.22. The third kappa shape index (κ3) is 8.86. The fraction of sp³-hybridized carbons (Fsp3) is 1.00. The summed E-state index contributed by atoms with van der Waals surface area (Å²) in [6.45, 7) is 10.2. The molecule has 0 aliphatic carbocycles. The minimum Gasteiger partial charge on any atom is -0.378 e. The van der Waals surface area contributed by atoms with Crippen LogP contribution in [0.1, 0.15) is 40.5 Å². The van der Waals surface area contributed by atoms with Gasteiger partial charge in [0.2, 0.25) is 0 Å². The van der Waals surface area contributed by atoms with E-state index in [-0.39, 0.29) is 0 Å². The fourth-order valence-corrected chi connectivity index (χ4v) is 3.38. The Hall–Kier alpha value is 1.10. The molecule has 0 saturated heterocycles. The van der Waals surface area contributed by atoms with Crippen molar-refractivity contribution in [2.75, 3.05) is 13.2 Å². The lowest BCUT2D eigenvalue weighted by molar-refractivity contribution is 0.166. The predicted molar refractivity (Wildman–Crippen MR) is 74.4 cm³/mol. The van der Waals surface area contributed by atoms with Gasteiger partial charge in [0.15, 0.2) is 0 Å². The summed E-state index contributed by atoms with van der Waals surface area (Å²) in [5.74, 6) is -1.07. The maximum Gasteiger partial charge on any atom is 0.490 e. The Bertz CT molecular complexity index is 152. The van der Waals surface area contributed by atoms with E-state index in [0.29, 0.717) is 11.8 Å². The zero-order chi connectivity index (χ0) is 11.9. The lowest BCUT2D eigenvalue weighted by atomic mass is 10.1. The van der Waals surface area contributed by atoms with Crippen molar-refractivity contribution in [2.24, 2.45) is 11.8 Å². The van der Waals surface area contributed by atoms with E-state index in [1.54, 1.807) is 0 Å². The Labute approximate surface area is 111 Å². The topological polar surface area (TPSA) is 18.5 Å².